The number of hydrogen-bond acceptors (Lipinski definition) is 1. The van der Waals surface area contributed by atoms with Gasteiger partial charge in [-0.3, -0.25) is 0 Å². The molecule has 0 aliphatic heterocycles. The van der Waals surface area contributed by atoms with Crippen LogP contribution in [0.2, 0.25) is 0 Å². The van der Waals surface area contributed by atoms with Gasteiger partial charge in [-0.25, -0.2) is 4.39 Å². The maximum absolute atomic E-state index is 13.0. The summed E-state index contributed by atoms with van der Waals surface area (Å²) in [4.78, 5) is 3.15. The number of aromatic amines is 1. The second-order valence-corrected chi connectivity index (χ2v) is 4.26. The Kier molecular flexibility index (Phi) is 2.73. The minimum absolute atomic E-state index is 0.199. The molecule has 0 saturated carbocycles. The van der Waals surface area contributed by atoms with Crippen LogP contribution in [0.25, 0.3) is 10.9 Å². The Balaban J connectivity index is 1.76. The molecule has 0 saturated heterocycles. The molecule has 0 radical (unpaired) electrons. The Hall–Kier alpha value is -2.29. The van der Waals surface area contributed by atoms with Crippen LogP contribution >= 0.6 is 0 Å². The van der Waals surface area contributed by atoms with Crippen LogP contribution in [0.4, 0.5) is 10.1 Å². The molecule has 0 fully saturated rings. The third-order valence-corrected chi connectivity index (χ3v) is 2.94. The van der Waals surface area contributed by atoms with Gasteiger partial charge in [0.2, 0.25) is 0 Å². The van der Waals surface area contributed by atoms with E-state index < -0.39 is 0 Å². The monoisotopic (exact) mass is 240 g/mol. The molecule has 0 bridgehead atoms. The molecule has 0 spiro atoms. The molecular weight excluding hydrogens is 227 g/mol. The number of anilines is 1. The van der Waals surface area contributed by atoms with Gasteiger partial charge in [-0.2, -0.15) is 0 Å². The lowest BCUT2D eigenvalue weighted by Crippen LogP contribution is -1.99. The number of fused-ring (bicyclic) bond motifs is 1. The molecule has 2 aromatic carbocycles. The summed E-state index contributed by atoms with van der Waals surface area (Å²) in [7, 11) is 0. The van der Waals surface area contributed by atoms with Gasteiger partial charge in [-0.05, 0) is 42.0 Å². The SMILES string of the molecule is Fc1cccc(CNc2ccc3[nH]ccc3c2)c1. The smallest absolute Gasteiger partial charge is 0.123 e. The Labute approximate surface area is 104 Å². The third-order valence-electron chi connectivity index (χ3n) is 2.94. The zero-order valence-corrected chi connectivity index (χ0v) is 9.78. The molecule has 2 nitrogen and oxygen atoms in total. The van der Waals surface area contributed by atoms with Crippen LogP contribution < -0.4 is 5.32 Å². The minimum Gasteiger partial charge on any atom is -0.381 e. The average molecular weight is 240 g/mol. The molecule has 0 aliphatic carbocycles. The summed E-state index contributed by atoms with van der Waals surface area (Å²) in [5.74, 6) is -0.199. The van der Waals surface area contributed by atoms with Gasteiger partial charge in [0.1, 0.15) is 5.82 Å². The van der Waals surface area contributed by atoms with Crippen LogP contribution in [0.5, 0.6) is 0 Å². The summed E-state index contributed by atoms with van der Waals surface area (Å²) in [6.07, 6.45) is 1.92. The summed E-state index contributed by atoms with van der Waals surface area (Å²) in [6, 6.07) is 14.8. The first-order valence-electron chi connectivity index (χ1n) is 5.87. The van der Waals surface area contributed by atoms with Crippen molar-refractivity contribution in [1.29, 1.82) is 0 Å². The lowest BCUT2D eigenvalue weighted by atomic mass is 10.2. The Morgan fingerprint density at radius 2 is 2.00 bits per heavy atom. The predicted molar refractivity (Wildman–Crippen MR) is 72.0 cm³/mol. The van der Waals surface area contributed by atoms with Crippen molar-refractivity contribution in [3.63, 3.8) is 0 Å². The van der Waals surface area contributed by atoms with E-state index in [1.807, 2.05) is 30.5 Å². The number of halogens is 1. The maximum atomic E-state index is 13.0. The number of nitrogens with one attached hydrogen (secondary N) is 2. The van der Waals surface area contributed by atoms with Crippen molar-refractivity contribution in [3.8, 4) is 0 Å². The number of H-pyrrole nitrogens is 1. The summed E-state index contributed by atoms with van der Waals surface area (Å²) in [5.41, 5.74) is 3.09. The van der Waals surface area contributed by atoms with Gasteiger partial charge < -0.3 is 10.3 Å². The van der Waals surface area contributed by atoms with Crippen LogP contribution in [-0.4, -0.2) is 4.98 Å². The largest absolute Gasteiger partial charge is 0.381 e. The molecule has 3 heteroatoms. The fourth-order valence-electron chi connectivity index (χ4n) is 2.01. The lowest BCUT2D eigenvalue weighted by molar-refractivity contribution is 0.626. The Bertz CT molecular complexity index is 673. The van der Waals surface area contributed by atoms with Crippen molar-refractivity contribution < 1.29 is 4.39 Å². The van der Waals surface area contributed by atoms with Crippen LogP contribution in [0.1, 0.15) is 5.56 Å². The number of rotatable bonds is 3. The minimum atomic E-state index is -0.199. The van der Waals surface area contributed by atoms with Gasteiger partial charge in [0.25, 0.3) is 0 Å². The lowest BCUT2D eigenvalue weighted by Gasteiger charge is -2.06. The molecule has 0 atom stereocenters. The van der Waals surface area contributed by atoms with E-state index in [1.54, 1.807) is 12.1 Å². The molecule has 18 heavy (non-hydrogen) atoms. The molecule has 0 amide bonds. The maximum Gasteiger partial charge on any atom is 0.123 e. The molecule has 1 aromatic heterocycles. The first kappa shape index (κ1) is 10.8. The van der Waals surface area contributed by atoms with Crippen LogP contribution in [0, 0.1) is 5.82 Å². The van der Waals surface area contributed by atoms with Crippen molar-refractivity contribution in [3.05, 3.63) is 66.1 Å². The van der Waals surface area contributed by atoms with Crippen molar-refractivity contribution >= 4 is 16.6 Å². The fraction of sp³-hybridized carbons (Fsp3) is 0.0667. The van der Waals surface area contributed by atoms with E-state index in [-0.39, 0.29) is 5.82 Å². The molecule has 2 N–H and O–H groups in total. The quantitative estimate of drug-likeness (QED) is 0.713. The van der Waals surface area contributed by atoms with Crippen LogP contribution in [0.15, 0.2) is 54.7 Å². The molecular formula is C15H13FN2. The summed E-state index contributed by atoms with van der Waals surface area (Å²) < 4.78 is 13.0. The van der Waals surface area contributed by atoms with E-state index in [1.165, 1.54) is 11.5 Å². The van der Waals surface area contributed by atoms with E-state index in [4.69, 9.17) is 0 Å². The Morgan fingerprint density at radius 3 is 2.89 bits per heavy atom. The van der Waals surface area contributed by atoms with Crippen LogP contribution in [-0.2, 0) is 6.54 Å². The standard InChI is InChI=1S/C15H13FN2/c16-13-3-1-2-11(8-13)10-18-14-4-5-15-12(9-14)6-7-17-15/h1-9,17-18H,10H2. The van der Waals surface area contributed by atoms with Crippen molar-refractivity contribution in [2.75, 3.05) is 5.32 Å². The number of benzene rings is 2. The second-order valence-electron chi connectivity index (χ2n) is 4.26. The summed E-state index contributed by atoms with van der Waals surface area (Å²) in [5, 5.41) is 4.46. The third kappa shape index (κ3) is 2.20. The molecule has 0 aliphatic rings. The van der Waals surface area contributed by atoms with E-state index >= 15 is 0 Å². The van der Waals surface area contributed by atoms with E-state index in [0.29, 0.717) is 6.54 Å². The first-order valence-corrected chi connectivity index (χ1v) is 5.87. The topological polar surface area (TPSA) is 27.8 Å². The van der Waals surface area contributed by atoms with E-state index in [9.17, 15) is 4.39 Å². The average Bonchev–Trinajstić information content (AvgIpc) is 2.84. The normalized spacial score (nSPS) is 10.7. The van der Waals surface area contributed by atoms with E-state index in [0.717, 1.165) is 16.8 Å². The summed E-state index contributed by atoms with van der Waals surface area (Å²) in [6.45, 7) is 0.619. The van der Waals surface area contributed by atoms with Gasteiger partial charge >= 0.3 is 0 Å². The van der Waals surface area contributed by atoms with Crippen LogP contribution in [0.3, 0.4) is 0 Å². The van der Waals surface area contributed by atoms with Gasteiger partial charge in [0.15, 0.2) is 0 Å². The molecule has 3 aromatic rings. The van der Waals surface area contributed by atoms with Crippen molar-refractivity contribution in [2.24, 2.45) is 0 Å². The fourth-order valence-corrected chi connectivity index (χ4v) is 2.01. The van der Waals surface area contributed by atoms with Gasteiger partial charge in [0, 0.05) is 29.3 Å². The second kappa shape index (κ2) is 4.53. The van der Waals surface area contributed by atoms with E-state index in [2.05, 4.69) is 16.4 Å². The van der Waals surface area contributed by atoms with Gasteiger partial charge in [-0.1, -0.05) is 12.1 Å². The van der Waals surface area contributed by atoms with Crippen molar-refractivity contribution in [1.82, 2.24) is 4.98 Å². The highest BCUT2D eigenvalue weighted by Gasteiger charge is 1.98. The zero-order valence-electron chi connectivity index (χ0n) is 9.78. The van der Waals surface area contributed by atoms with Gasteiger partial charge in [-0.15, -0.1) is 0 Å². The highest BCUT2D eigenvalue weighted by atomic mass is 19.1. The molecule has 90 valence electrons. The highest BCUT2D eigenvalue weighted by Crippen LogP contribution is 2.18. The number of aromatic nitrogens is 1. The Morgan fingerprint density at radius 1 is 1.06 bits per heavy atom. The zero-order chi connectivity index (χ0) is 12.4. The van der Waals surface area contributed by atoms with Gasteiger partial charge in [0.05, 0.1) is 0 Å². The molecule has 0 unspecified atom stereocenters. The molecule has 3 rings (SSSR count). The molecule has 1 heterocycles. The number of hydrogen-bond donors (Lipinski definition) is 2. The highest BCUT2D eigenvalue weighted by molar-refractivity contribution is 5.82. The van der Waals surface area contributed by atoms with Crippen molar-refractivity contribution in [2.45, 2.75) is 6.54 Å². The predicted octanol–water partition coefficient (Wildman–Crippen LogP) is 3.92. The summed E-state index contributed by atoms with van der Waals surface area (Å²) >= 11 is 0. The first-order chi connectivity index (χ1) is 8.81.